The molecule has 160 valence electrons. The number of rotatable bonds is 8. The van der Waals surface area contributed by atoms with Crippen molar-refractivity contribution in [1.82, 2.24) is 4.31 Å². The zero-order valence-corrected chi connectivity index (χ0v) is 21.0. The Morgan fingerprint density at radius 1 is 1.00 bits per heavy atom. The number of hydrogen-bond acceptors (Lipinski definition) is 2. The van der Waals surface area contributed by atoms with Gasteiger partial charge in [0.2, 0.25) is 10.0 Å². The van der Waals surface area contributed by atoms with Crippen LogP contribution in [0.2, 0.25) is 22.2 Å². The number of nitrogens with zero attached hydrogens (tertiary/aromatic N) is 1. The summed E-state index contributed by atoms with van der Waals surface area (Å²) in [7, 11) is -5.14. The van der Waals surface area contributed by atoms with Crippen molar-refractivity contribution in [3.8, 4) is 0 Å². The van der Waals surface area contributed by atoms with Crippen molar-refractivity contribution in [2.24, 2.45) is 0 Å². The third-order valence-electron chi connectivity index (χ3n) is 7.32. The minimum atomic E-state index is -3.44. The van der Waals surface area contributed by atoms with Crippen LogP contribution in [-0.2, 0) is 10.0 Å². The lowest BCUT2D eigenvalue weighted by Crippen LogP contribution is -2.50. The van der Waals surface area contributed by atoms with Crippen LogP contribution in [0.1, 0.15) is 73.3 Å². The van der Waals surface area contributed by atoms with E-state index in [1.165, 1.54) is 0 Å². The van der Waals surface area contributed by atoms with E-state index in [1.54, 1.807) is 12.1 Å². The minimum Gasteiger partial charge on any atom is -0.207 e. The van der Waals surface area contributed by atoms with Crippen LogP contribution in [0.15, 0.2) is 29.2 Å². The first-order valence-corrected chi connectivity index (χ1v) is 14.8. The van der Waals surface area contributed by atoms with Gasteiger partial charge in [-0.3, -0.25) is 0 Å². The number of hydrogen-bond donors (Lipinski definition) is 0. The van der Waals surface area contributed by atoms with Crippen molar-refractivity contribution in [1.29, 1.82) is 0 Å². The Morgan fingerprint density at radius 2 is 1.50 bits per heavy atom. The number of aryl methyl sites for hydroxylation is 1. The van der Waals surface area contributed by atoms with Gasteiger partial charge >= 0.3 is 0 Å². The summed E-state index contributed by atoms with van der Waals surface area (Å²) >= 11 is 0. The Kier molecular flexibility index (Phi) is 7.60. The molecule has 2 rings (SSSR count). The lowest BCUT2D eigenvalue weighted by atomic mass is 10.1. The predicted octanol–water partition coefficient (Wildman–Crippen LogP) is 6.61. The average Bonchev–Trinajstić information content (AvgIpc) is 3.00. The zero-order valence-electron chi connectivity index (χ0n) is 19.2. The molecular formula is C23H41NO2SSi. The lowest BCUT2D eigenvalue weighted by Gasteiger charge is -2.48. The first kappa shape index (κ1) is 23.6. The maximum Gasteiger partial charge on any atom is 0.243 e. The maximum absolute atomic E-state index is 13.6. The SMILES string of the molecule is CCCC1CC([Si](C(C)C)(C(C)C)C(C)C)CN1S(=O)(=O)c1ccc(C)cc1. The van der Waals surface area contributed by atoms with E-state index in [0.717, 1.165) is 24.8 Å². The standard InChI is InChI=1S/C23H41NO2SSi/c1-9-10-21-15-23(28(17(2)3,18(4)5)19(6)7)16-24(21)27(25,26)22-13-11-20(8)12-14-22/h11-14,17-19,21,23H,9-10,15-16H2,1-8H3. The van der Waals surface area contributed by atoms with Crippen molar-refractivity contribution >= 4 is 18.1 Å². The Bertz CT molecular complexity index is 719. The van der Waals surface area contributed by atoms with E-state index >= 15 is 0 Å². The smallest absolute Gasteiger partial charge is 0.207 e. The fourth-order valence-electron chi connectivity index (χ4n) is 6.40. The van der Waals surface area contributed by atoms with Crippen molar-refractivity contribution < 1.29 is 8.42 Å². The highest BCUT2D eigenvalue weighted by Gasteiger charge is 2.54. The normalized spacial score (nSPS) is 22.0. The van der Waals surface area contributed by atoms with E-state index in [1.807, 2.05) is 23.4 Å². The van der Waals surface area contributed by atoms with Crippen molar-refractivity contribution in [3.05, 3.63) is 29.8 Å². The second-order valence-corrected chi connectivity index (χ2v) is 17.9. The van der Waals surface area contributed by atoms with Gasteiger partial charge in [-0.15, -0.1) is 0 Å². The molecule has 0 aromatic heterocycles. The Balaban J connectivity index is 2.47. The van der Waals surface area contributed by atoms with Crippen LogP contribution in [0.25, 0.3) is 0 Å². The lowest BCUT2D eigenvalue weighted by molar-refractivity contribution is 0.368. The summed E-state index contributed by atoms with van der Waals surface area (Å²) in [4.78, 5) is 0.450. The molecule has 3 nitrogen and oxygen atoms in total. The summed E-state index contributed by atoms with van der Waals surface area (Å²) in [5.41, 5.74) is 3.59. The molecule has 1 aliphatic heterocycles. The van der Waals surface area contributed by atoms with Gasteiger partial charge in [-0.25, -0.2) is 8.42 Å². The summed E-state index contributed by atoms with van der Waals surface area (Å²) in [6.45, 7) is 19.2. The zero-order chi connectivity index (χ0) is 21.3. The highest BCUT2D eigenvalue weighted by molar-refractivity contribution is 7.89. The maximum atomic E-state index is 13.6. The topological polar surface area (TPSA) is 37.4 Å². The van der Waals surface area contributed by atoms with Gasteiger partial charge in [0.1, 0.15) is 0 Å². The van der Waals surface area contributed by atoms with E-state index in [4.69, 9.17) is 0 Å². The van der Waals surface area contributed by atoms with Crippen molar-refractivity contribution in [3.63, 3.8) is 0 Å². The highest BCUT2D eigenvalue weighted by atomic mass is 32.2. The van der Waals surface area contributed by atoms with Crippen LogP contribution in [0, 0.1) is 6.92 Å². The van der Waals surface area contributed by atoms with Gasteiger partial charge in [0, 0.05) is 12.6 Å². The van der Waals surface area contributed by atoms with Gasteiger partial charge < -0.3 is 0 Å². The fourth-order valence-corrected chi connectivity index (χ4v) is 16.3. The molecule has 1 aromatic carbocycles. The molecule has 0 radical (unpaired) electrons. The van der Waals surface area contributed by atoms with Crippen LogP contribution < -0.4 is 0 Å². The van der Waals surface area contributed by atoms with E-state index < -0.39 is 18.1 Å². The molecule has 1 saturated heterocycles. The largest absolute Gasteiger partial charge is 0.243 e. The summed E-state index contributed by atoms with van der Waals surface area (Å²) < 4.78 is 29.0. The molecule has 0 N–H and O–H groups in total. The van der Waals surface area contributed by atoms with Crippen LogP contribution in [0.3, 0.4) is 0 Å². The first-order chi connectivity index (χ1) is 13.0. The minimum absolute atomic E-state index is 0.143. The number of sulfonamides is 1. The quantitative estimate of drug-likeness (QED) is 0.441. The summed E-state index contributed by atoms with van der Waals surface area (Å²) in [5.74, 6) is 0. The molecule has 0 bridgehead atoms. The first-order valence-electron chi connectivity index (χ1n) is 11.1. The van der Waals surface area contributed by atoms with E-state index in [9.17, 15) is 8.42 Å². The van der Waals surface area contributed by atoms with E-state index in [2.05, 4.69) is 48.5 Å². The van der Waals surface area contributed by atoms with Gasteiger partial charge in [-0.05, 0) is 37.4 Å². The Labute approximate surface area is 175 Å². The fraction of sp³-hybridized carbons (Fsp3) is 0.739. The monoisotopic (exact) mass is 423 g/mol. The van der Waals surface area contributed by atoms with Gasteiger partial charge in [-0.1, -0.05) is 89.2 Å². The average molecular weight is 424 g/mol. The molecule has 1 fully saturated rings. The molecule has 28 heavy (non-hydrogen) atoms. The van der Waals surface area contributed by atoms with Gasteiger partial charge in [-0.2, -0.15) is 4.31 Å². The van der Waals surface area contributed by atoms with Crippen LogP contribution in [0.5, 0.6) is 0 Å². The van der Waals surface area contributed by atoms with Crippen LogP contribution in [-0.4, -0.2) is 33.4 Å². The number of benzene rings is 1. The summed E-state index contributed by atoms with van der Waals surface area (Å²) in [6, 6.07) is 7.51. The van der Waals surface area contributed by atoms with E-state index in [0.29, 0.717) is 33.6 Å². The molecule has 1 heterocycles. The third kappa shape index (κ3) is 4.13. The molecule has 1 aliphatic rings. The summed E-state index contributed by atoms with van der Waals surface area (Å²) in [5, 5.41) is 0. The molecule has 0 saturated carbocycles. The predicted molar refractivity (Wildman–Crippen MR) is 123 cm³/mol. The van der Waals surface area contributed by atoms with Gasteiger partial charge in [0.05, 0.1) is 13.0 Å². The molecule has 2 unspecified atom stereocenters. The molecular weight excluding hydrogens is 382 g/mol. The third-order valence-corrected chi connectivity index (χ3v) is 17.1. The molecule has 0 spiro atoms. The van der Waals surface area contributed by atoms with Crippen molar-refractivity contribution in [2.75, 3.05) is 6.54 Å². The van der Waals surface area contributed by atoms with Crippen LogP contribution in [0.4, 0.5) is 0 Å². The van der Waals surface area contributed by atoms with E-state index in [-0.39, 0.29) is 6.04 Å². The summed E-state index contributed by atoms with van der Waals surface area (Å²) in [6.07, 6.45) is 3.02. The molecule has 0 aliphatic carbocycles. The second kappa shape index (κ2) is 9.01. The van der Waals surface area contributed by atoms with Crippen molar-refractivity contribution in [2.45, 2.75) is 108 Å². The van der Waals surface area contributed by atoms with Crippen LogP contribution >= 0.6 is 0 Å². The molecule has 5 heteroatoms. The molecule has 0 amide bonds. The van der Waals surface area contributed by atoms with Gasteiger partial charge in [0.25, 0.3) is 0 Å². The molecule has 1 aromatic rings. The molecule has 2 atom stereocenters. The second-order valence-electron chi connectivity index (χ2n) is 9.73. The van der Waals surface area contributed by atoms with Gasteiger partial charge in [0.15, 0.2) is 0 Å². The Hall–Kier alpha value is -0.653. The Morgan fingerprint density at radius 3 is 1.93 bits per heavy atom. The highest BCUT2D eigenvalue weighted by Crippen LogP contribution is 2.54.